The smallest absolute Gasteiger partial charge is 0.419 e. The zero-order valence-corrected chi connectivity index (χ0v) is 19.0. The fraction of sp³-hybridized carbons (Fsp3) is 0.125. The lowest BCUT2D eigenvalue weighted by atomic mass is 9.98. The summed E-state index contributed by atoms with van der Waals surface area (Å²) in [6.07, 6.45) is -2.41. The van der Waals surface area contributed by atoms with Crippen molar-refractivity contribution in [1.82, 2.24) is 4.90 Å². The highest BCUT2D eigenvalue weighted by molar-refractivity contribution is 9.10. The van der Waals surface area contributed by atoms with Crippen molar-refractivity contribution in [3.05, 3.63) is 93.5 Å². The molecule has 0 heterocycles. The molecule has 32 heavy (non-hydrogen) atoms. The summed E-state index contributed by atoms with van der Waals surface area (Å²) >= 11 is 8.76. The molecule has 0 saturated heterocycles. The summed E-state index contributed by atoms with van der Waals surface area (Å²) in [4.78, 5) is 36.3. The molecule has 0 unspecified atom stereocenters. The van der Waals surface area contributed by atoms with E-state index in [9.17, 15) is 19.5 Å². The van der Waals surface area contributed by atoms with E-state index in [1.165, 1.54) is 18.2 Å². The lowest BCUT2D eigenvalue weighted by Gasteiger charge is -2.20. The van der Waals surface area contributed by atoms with Crippen molar-refractivity contribution >= 4 is 45.0 Å². The topological polar surface area (TPSA) is 83.9 Å². The molecular formula is C24H17BrClNO5. The molecule has 3 aromatic rings. The first kappa shape index (κ1) is 22.0. The average Bonchev–Trinajstić information content (AvgIpc) is 3.10. The number of hydrogen-bond donors (Lipinski definition) is 1. The Bertz CT molecular complexity index is 1180. The van der Waals surface area contributed by atoms with Gasteiger partial charge >= 0.3 is 12.2 Å². The van der Waals surface area contributed by atoms with Crippen LogP contribution in [-0.2, 0) is 11.3 Å². The van der Waals surface area contributed by atoms with Crippen LogP contribution >= 0.6 is 27.5 Å². The molecule has 2 amide bonds. The van der Waals surface area contributed by atoms with Crippen LogP contribution in [-0.4, -0.2) is 34.0 Å². The van der Waals surface area contributed by atoms with Gasteiger partial charge in [-0.2, -0.15) is 0 Å². The Labute approximate surface area is 197 Å². The second-order valence-electron chi connectivity index (χ2n) is 7.25. The molecule has 0 bridgehead atoms. The highest BCUT2D eigenvalue weighted by atomic mass is 79.9. The highest BCUT2D eigenvalue weighted by Gasteiger charge is 2.31. The molecule has 0 spiro atoms. The van der Waals surface area contributed by atoms with Crippen LogP contribution in [0.1, 0.15) is 33.0 Å². The van der Waals surface area contributed by atoms with Crippen molar-refractivity contribution in [3.63, 3.8) is 0 Å². The highest BCUT2D eigenvalue weighted by Crippen LogP contribution is 2.44. The maximum Gasteiger partial charge on any atom is 0.419 e. The normalized spacial score (nSPS) is 12.1. The number of carbonyl (C=O) groups is 3. The predicted octanol–water partition coefficient (Wildman–Crippen LogP) is 6.26. The van der Waals surface area contributed by atoms with Crippen LogP contribution in [0.15, 0.2) is 71.2 Å². The van der Waals surface area contributed by atoms with Gasteiger partial charge in [0.2, 0.25) is 0 Å². The zero-order valence-electron chi connectivity index (χ0n) is 16.6. The monoisotopic (exact) mass is 513 g/mol. The molecule has 1 aliphatic carbocycles. The van der Waals surface area contributed by atoms with Crippen LogP contribution in [0.3, 0.4) is 0 Å². The first-order chi connectivity index (χ1) is 15.4. The molecular weight excluding hydrogens is 498 g/mol. The van der Waals surface area contributed by atoms with E-state index in [0.717, 1.165) is 22.3 Å². The van der Waals surface area contributed by atoms with E-state index >= 15 is 0 Å². The van der Waals surface area contributed by atoms with Crippen molar-refractivity contribution < 1.29 is 24.2 Å². The van der Waals surface area contributed by atoms with Crippen molar-refractivity contribution in [2.75, 3.05) is 6.61 Å². The first-order valence-corrected chi connectivity index (χ1v) is 10.9. The first-order valence-electron chi connectivity index (χ1n) is 9.70. The van der Waals surface area contributed by atoms with Crippen LogP contribution < -0.4 is 0 Å². The summed E-state index contributed by atoms with van der Waals surface area (Å²) in [5, 5.41) is 8.95. The van der Waals surface area contributed by atoms with Crippen LogP contribution in [0, 0.1) is 0 Å². The summed E-state index contributed by atoms with van der Waals surface area (Å²) < 4.78 is 5.91. The molecule has 1 aliphatic rings. The zero-order chi connectivity index (χ0) is 22.8. The number of benzene rings is 3. The molecule has 0 atom stereocenters. The number of amides is 2. The van der Waals surface area contributed by atoms with Crippen LogP contribution in [0.4, 0.5) is 9.59 Å². The number of hydrogen-bond acceptors (Lipinski definition) is 4. The SMILES string of the molecule is O=C(Cl)c1ccc(CN(C(=O)O)C(=O)OCC2c3ccccc3-c3ccccc32)c(Br)c1. The van der Waals surface area contributed by atoms with Gasteiger partial charge in [0.05, 0.1) is 6.54 Å². The Kier molecular flexibility index (Phi) is 6.30. The lowest BCUT2D eigenvalue weighted by molar-refractivity contribution is 0.0900. The molecule has 3 aromatic carbocycles. The van der Waals surface area contributed by atoms with E-state index in [1.54, 1.807) is 0 Å². The number of carbonyl (C=O) groups excluding carboxylic acids is 2. The van der Waals surface area contributed by atoms with Gasteiger partial charge in [-0.1, -0.05) is 70.5 Å². The van der Waals surface area contributed by atoms with Gasteiger partial charge in [0.1, 0.15) is 6.61 Å². The van der Waals surface area contributed by atoms with Crippen LogP contribution in [0.25, 0.3) is 11.1 Å². The molecule has 8 heteroatoms. The molecule has 0 aliphatic heterocycles. The molecule has 0 fully saturated rings. The van der Waals surface area contributed by atoms with Crippen molar-refractivity contribution in [2.45, 2.75) is 12.5 Å². The molecule has 1 N–H and O–H groups in total. The van der Waals surface area contributed by atoms with E-state index in [0.29, 0.717) is 14.9 Å². The average molecular weight is 515 g/mol. The van der Waals surface area contributed by atoms with E-state index in [4.69, 9.17) is 16.3 Å². The number of imide groups is 1. The van der Waals surface area contributed by atoms with E-state index in [-0.39, 0.29) is 24.6 Å². The van der Waals surface area contributed by atoms with Gasteiger partial charge in [0.15, 0.2) is 0 Å². The summed E-state index contributed by atoms with van der Waals surface area (Å²) in [5.41, 5.74) is 4.97. The van der Waals surface area contributed by atoms with Crippen LogP contribution in [0.5, 0.6) is 0 Å². The van der Waals surface area contributed by atoms with Gasteiger partial charge in [0, 0.05) is 16.0 Å². The largest absolute Gasteiger partial charge is 0.465 e. The Morgan fingerprint density at radius 3 is 2.09 bits per heavy atom. The number of nitrogens with zero attached hydrogens (tertiary/aromatic N) is 1. The quantitative estimate of drug-likeness (QED) is 0.406. The minimum Gasteiger partial charge on any atom is -0.465 e. The van der Waals surface area contributed by atoms with Crippen molar-refractivity contribution in [3.8, 4) is 11.1 Å². The summed E-state index contributed by atoms with van der Waals surface area (Å²) in [6.45, 7) is -0.235. The maximum absolute atomic E-state index is 12.7. The second kappa shape index (κ2) is 9.14. The van der Waals surface area contributed by atoms with Gasteiger partial charge in [-0.3, -0.25) is 4.79 Å². The van der Waals surface area contributed by atoms with Crippen molar-refractivity contribution in [2.24, 2.45) is 0 Å². The molecule has 4 rings (SSSR count). The van der Waals surface area contributed by atoms with E-state index in [1.807, 2.05) is 48.5 Å². The second-order valence-corrected chi connectivity index (χ2v) is 8.45. The minimum atomic E-state index is -1.44. The minimum absolute atomic E-state index is 0.0114. The number of ether oxygens (including phenoxy) is 1. The maximum atomic E-state index is 12.7. The molecule has 0 aromatic heterocycles. The van der Waals surface area contributed by atoms with Gasteiger partial charge in [-0.15, -0.1) is 0 Å². The van der Waals surface area contributed by atoms with Crippen LogP contribution in [0.2, 0.25) is 0 Å². The Morgan fingerprint density at radius 2 is 1.56 bits per heavy atom. The number of rotatable bonds is 5. The fourth-order valence-corrected chi connectivity index (χ4v) is 4.47. The number of halogens is 2. The Morgan fingerprint density at radius 1 is 0.969 bits per heavy atom. The van der Waals surface area contributed by atoms with Gasteiger partial charge in [-0.05, 0) is 51.6 Å². The molecule has 0 radical (unpaired) electrons. The van der Waals surface area contributed by atoms with E-state index in [2.05, 4.69) is 15.9 Å². The number of carboxylic acid groups (broad SMARTS) is 1. The fourth-order valence-electron chi connectivity index (χ4n) is 3.85. The third kappa shape index (κ3) is 4.26. The van der Waals surface area contributed by atoms with Gasteiger partial charge in [-0.25, -0.2) is 14.5 Å². The van der Waals surface area contributed by atoms with E-state index < -0.39 is 17.4 Å². The van der Waals surface area contributed by atoms with Crippen molar-refractivity contribution in [1.29, 1.82) is 0 Å². The molecule has 162 valence electrons. The van der Waals surface area contributed by atoms with Gasteiger partial charge in [0.25, 0.3) is 5.24 Å². The Hall–Kier alpha value is -3.16. The summed E-state index contributed by atoms with van der Waals surface area (Å²) in [6, 6.07) is 20.2. The number of fused-ring (bicyclic) bond motifs is 3. The summed E-state index contributed by atoms with van der Waals surface area (Å²) in [7, 11) is 0. The predicted molar refractivity (Wildman–Crippen MR) is 123 cm³/mol. The standard InChI is InChI=1S/C24H17BrClNO5/c25-21-11-14(22(26)28)9-10-15(21)12-27(23(29)30)24(31)32-13-20-18-7-3-1-5-16(18)17-6-2-4-8-19(17)20/h1-11,20H,12-13H2,(H,29,30). The Balaban J connectivity index is 1.51. The molecule has 0 saturated carbocycles. The third-order valence-corrected chi connectivity index (χ3v) is 6.35. The lowest BCUT2D eigenvalue weighted by Crippen LogP contribution is -2.36. The van der Waals surface area contributed by atoms with Gasteiger partial charge < -0.3 is 9.84 Å². The molecule has 6 nitrogen and oxygen atoms in total. The third-order valence-electron chi connectivity index (χ3n) is 5.40. The summed E-state index contributed by atoms with van der Waals surface area (Å²) in [5.74, 6) is -0.178.